The number of halogens is 1. The molecule has 1 rings (SSSR count). The minimum atomic E-state index is -0.385. The second-order valence-corrected chi connectivity index (χ2v) is 6.79. The maximum absolute atomic E-state index is 12.5. The number of thiophene rings is 1. The Morgan fingerprint density at radius 3 is 2.53 bits per heavy atom. The molecule has 0 aliphatic rings. The van der Waals surface area contributed by atoms with Crippen molar-refractivity contribution in [1.82, 2.24) is 9.80 Å². The zero-order valence-electron chi connectivity index (χ0n) is 11.8. The van der Waals surface area contributed by atoms with Gasteiger partial charge in [-0.15, -0.1) is 11.3 Å². The highest BCUT2D eigenvalue weighted by atomic mass is 79.9. The molecule has 108 valence electrons. The van der Waals surface area contributed by atoms with Crippen LogP contribution in [0.2, 0.25) is 0 Å². The van der Waals surface area contributed by atoms with Crippen LogP contribution in [0.25, 0.3) is 0 Å². The number of likely N-dealkylation sites (N-methyl/N-ethyl adjacent to an activating group) is 2. The van der Waals surface area contributed by atoms with Gasteiger partial charge in [-0.25, -0.2) is 0 Å². The fourth-order valence-electron chi connectivity index (χ4n) is 1.77. The van der Waals surface area contributed by atoms with Gasteiger partial charge in [0.25, 0.3) is 0 Å². The highest BCUT2D eigenvalue weighted by Crippen LogP contribution is 2.29. The lowest BCUT2D eigenvalue weighted by Gasteiger charge is -2.27. The molecule has 1 N–H and O–H groups in total. The lowest BCUT2D eigenvalue weighted by Crippen LogP contribution is -2.39. The van der Waals surface area contributed by atoms with Gasteiger partial charge in [0.1, 0.15) is 6.04 Å². The highest BCUT2D eigenvalue weighted by molar-refractivity contribution is 9.10. The van der Waals surface area contributed by atoms with Gasteiger partial charge in [0.05, 0.1) is 6.10 Å². The largest absolute Gasteiger partial charge is 0.393 e. The molecule has 19 heavy (non-hydrogen) atoms. The summed E-state index contributed by atoms with van der Waals surface area (Å²) in [6.07, 6.45) is 0.209. The molecule has 0 saturated heterocycles. The molecule has 1 aromatic heterocycles. The van der Waals surface area contributed by atoms with Crippen LogP contribution in [-0.2, 0) is 4.79 Å². The summed E-state index contributed by atoms with van der Waals surface area (Å²) >= 11 is 4.99. The molecule has 0 bridgehead atoms. The minimum Gasteiger partial charge on any atom is -0.393 e. The summed E-state index contributed by atoms with van der Waals surface area (Å²) in [6.45, 7) is 2.30. The Kier molecular flexibility index (Phi) is 6.46. The van der Waals surface area contributed by atoms with E-state index in [2.05, 4.69) is 15.9 Å². The van der Waals surface area contributed by atoms with Gasteiger partial charge >= 0.3 is 0 Å². The smallest absolute Gasteiger partial charge is 0.245 e. The van der Waals surface area contributed by atoms with Crippen LogP contribution >= 0.6 is 27.3 Å². The molecule has 0 radical (unpaired) electrons. The molecular formula is C13H21BrN2O2S. The van der Waals surface area contributed by atoms with Crippen molar-refractivity contribution in [3.63, 3.8) is 0 Å². The fraction of sp³-hybridized carbons (Fsp3) is 0.615. The summed E-state index contributed by atoms with van der Waals surface area (Å²) in [6, 6.07) is 1.71. The quantitative estimate of drug-likeness (QED) is 0.857. The lowest BCUT2D eigenvalue weighted by molar-refractivity contribution is -0.135. The first kappa shape index (κ1) is 16.6. The molecular weight excluding hydrogens is 328 g/mol. The summed E-state index contributed by atoms with van der Waals surface area (Å²) in [4.78, 5) is 17.1. The maximum Gasteiger partial charge on any atom is 0.245 e. The fourth-order valence-corrected chi connectivity index (χ4v) is 3.40. The van der Waals surface area contributed by atoms with Gasteiger partial charge in [-0.1, -0.05) is 0 Å². The van der Waals surface area contributed by atoms with Crippen molar-refractivity contribution >= 4 is 33.2 Å². The highest BCUT2D eigenvalue weighted by Gasteiger charge is 2.27. The van der Waals surface area contributed by atoms with Crippen LogP contribution in [0, 0.1) is 0 Å². The van der Waals surface area contributed by atoms with Gasteiger partial charge in [0.2, 0.25) is 5.91 Å². The normalized spacial score (nSPS) is 14.5. The first-order valence-electron chi connectivity index (χ1n) is 6.16. The Bertz CT molecular complexity index is 421. The van der Waals surface area contributed by atoms with Crippen LogP contribution in [0.15, 0.2) is 15.9 Å². The molecule has 1 heterocycles. The summed E-state index contributed by atoms with van der Waals surface area (Å²) in [7, 11) is 5.58. The summed E-state index contributed by atoms with van der Waals surface area (Å²) in [5.41, 5.74) is 0. The minimum absolute atomic E-state index is 0.0556. The third-order valence-corrected chi connectivity index (χ3v) is 4.61. The van der Waals surface area contributed by atoms with Crippen molar-refractivity contribution in [2.45, 2.75) is 25.5 Å². The van der Waals surface area contributed by atoms with E-state index in [0.717, 1.165) is 9.35 Å². The van der Waals surface area contributed by atoms with E-state index in [1.165, 1.54) is 0 Å². The van der Waals surface area contributed by atoms with Crippen molar-refractivity contribution in [3.8, 4) is 0 Å². The van der Waals surface area contributed by atoms with Crippen molar-refractivity contribution in [1.29, 1.82) is 0 Å². The average molecular weight is 349 g/mol. The number of hydrogen-bond donors (Lipinski definition) is 1. The molecule has 1 aromatic rings. The van der Waals surface area contributed by atoms with Crippen LogP contribution in [0.1, 0.15) is 24.3 Å². The van der Waals surface area contributed by atoms with Gasteiger partial charge in [-0.2, -0.15) is 0 Å². The predicted octanol–water partition coefficient (Wildman–Crippen LogP) is 2.34. The third-order valence-electron chi connectivity index (χ3n) is 2.87. The zero-order chi connectivity index (χ0) is 14.6. The first-order valence-corrected chi connectivity index (χ1v) is 7.83. The lowest BCUT2D eigenvalue weighted by atomic mass is 10.2. The van der Waals surface area contributed by atoms with Gasteiger partial charge in [-0.05, 0) is 49.4 Å². The molecule has 2 atom stereocenters. The molecule has 0 spiro atoms. The number of aliphatic hydroxyl groups is 1. The van der Waals surface area contributed by atoms with E-state index in [0.29, 0.717) is 13.0 Å². The maximum atomic E-state index is 12.5. The van der Waals surface area contributed by atoms with E-state index >= 15 is 0 Å². The Labute approximate surface area is 127 Å². The van der Waals surface area contributed by atoms with E-state index in [1.807, 2.05) is 30.4 Å². The molecule has 6 heteroatoms. The predicted molar refractivity (Wildman–Crippen MR) is 82.4 cm³/mol. The van der Waals surface area contributed by atoms with Crippen LogP contribution < -0.4 is 0 Å². The van der Waals surface area contributed by atoms with E-state index in [1.54, 1.807) is 30.2 Å². The molecule has 0 aliphatic heterocycles. The van der Waals surface area contributed by atoms with Crippen LogP contribution in [-0.4, -0.2) is 54.6 Å². The SMILES string of the molecule is CC(O)CCN(C)C(=O)C(c1cc(Br)cs1)N(C)C. The second-order valence-electron chi connectivity index (χ2n) is 4.93. The van der Waals surface area contributed by atoms with Gasteiger partial charge in [0, 0.05) is 28.3 Å². The second kappa shape index (κ2) is 7.38. The summed E-state index contributed by atoms with van der Waals surface area (Å²) in [5, 5.41) is 11.3. The van der Waals surface area contributed by atoms with E-state index in [9.17, 15) is 9.90 Å². The molecule has 0 aromatic carbocycles. The van der Waals surface area contributed by atoms with E-state index in [-0.39, 0.29) is 18.1 Å². The van der Waals surface area contributed by atoms with Crippen LogP contribution in [0.4, 0.5) is 0 Å². The first-order chi connectivity index (χ1) is 8.82. The Morgan fingerprint density at radius 2 is 2.11 bits per heavy atom. The molecule has 1 amide bonds. The Morgan fingerprint density at radius 1 is 1.47 bits per heavy atom. The number of nitrogens with zero attached hydrogens (tertiary/aromatic N) is 2. The number of carbonyl (C=O) groups excluding carboxylic acids is 1. The Balaban J connectivity index is 2.79. The van der Waals surface area contributed by atoms with Crippen molar-refractivity contribution in [2.75, 3.05) is 27.7 Å². The average Bonchev–Trinajstić information content (AvgIpc) is 2.71. The zero-order valence-corrected chi connectivity index (χ0v) is 14.2. The molecule has 2 unspecified atom stereocenters. The number of carbonyl (C=O) groups is 1. The van der Waals surface area contributed by atoms with E-state index in [4.69, 9.17) is 0 Å². The number of rotatable bonds is 6. The van der Waals surface area contributed by atoms with Gasteiger partial charge in [-0.3, -0.25) is 9.69 Å². The van der Waals surface area contributed by atoms with Gasteiger partial charge < -0.3 is 10.0 Å². The van der Waals surface area contributed by atoms with Crippen molar-refractivity contribution in [2.24, 2.45) is 0 Å². The number of aliphatic hydroxyl groups excluding tert-OH is 1. The summed E-state index contributed by atoms with van der Waals surface area (Å²) in [5.74, 6) is 0.0556. The van der Waals surface area contributed by atoms with Crippen LogP contribution in [0.3, 0.4) is 0 Å². The molecule has 0 aliphatic carbocycles. The van der Waals surface area contributed by atoms with Gasteiger partial charge in [0.15, 0.2) is 0 Å². The summed E-state index contributed by atoms with van der Waals surface area (Å²) < 4.78 is 0.999. The molecule has 0 saturated carbocycles. The topological polar surface area (TPSA) is 43.8 Å². The standard InChI is InChI=1S/C13H21BrN2O2S/c1-9(17)5-6-16(4)13(18)12(15(2)3)11-7-10(14)8-19-11/h7-9,12,17H,5-6H2,1-4H3. The van der Waals surface area contributed by atoms with Crippen molar-refractivity contribution in [3.05, 3.63) is 20.8 Å². The number of hydrogen-bond acceptors (Lipinski definition) is 4. The Hall–Kier alpha value is -0.430. The van der Waals surface area contributed by atoms with E-state index < -0.39 is 0 Å². The molecule has 0 fully saturated rings. The number of amides is 1. The monoisotopic (exact) mass is 348 g/mol. The third kappa shape index (κ3) is 4.87. The van der Waals surface area contributed by atoms with Crippen LogP contribution in [0.5, 0.6) is 0 Å². The molecule has 4 nitrogen and oxygen atoms in total. The van der Waals surface area contributed by atoms with Crippen molar-refractivity contribution < 1.29 is 9.90 Å².